The Balaban J connectivity index is 1.75. The molecule has 6 heteroatoms. The molecule has 3 N–H and O–H groups in total. The van der Waals surface area contributed by atoms with Gasteiger partial charge in [0.15, 0.2) is 0 Å². The molecule has 0 saturated carbocycles. The third-order valence-corrected chi connectivity index (χ3v) is 6.78. The third-order valence-electron chi connectivity index (χ3n) is 5.74. The normalized spacial score (nSPS) is 13.3. The molecular weight excluding hydrogens is 418 g/mol. The Morgan fingerprint density at radius 2 is 1.84 bits per heavy atom. The lowest BCUT2D eigenvalue weighted by Gasteiger charge is -2.21. The van der Waals surface area contributed by atoms with Crippen molar-refractivity contribution in [1.82, 2.24) is 10.3 Å². The summed E-state index contributed by atoms with van der Waals surface area (Å²) in [5.74, 6) is -0.0399. The summed E-state index contributed by atoms with van der Waals surface area (Å²) in [6.45, 7) is 6.51. The maximum absolute atomic E-state index is 13.2. The van der Waals surface area contributed by atoms with Crippen molar-refractivity contribution in [1.29, 1.82) is 0 Å². The Labute approximate surface area is 194 Å². The number of rotatable bonds is 11. The van der Waals surface area contributed by atoms with Gasteiger partial charge in [0.2, 0.25) is 5.91 Å². The fourth-order valence-corrected chi connectivity index (χ4v) is 4.83. The molecule has 0 radical (unpaired) electrons. The van der Waals surface area contributed by atoms with E-state index in [1.807, 2.05) is 43.3 Å². The van der Waals surface area contributed by atoms with Crippen LogP contribution in [0.1, 0.15) is 55.7 Å². The molecule has 1 aromatic heterocycles. The van der Waals surface area contributed by atoms with E-state index in [0.29, 0.717) is 31.7 Å². The molecule has 0 fully saturated rings. The molecule has 0 aliphatic heterocycles. The van der Waals surface area contributed by atoms with Gasteiger partial charge in [-0.15, -0.1) is 11.3 Å². The van der Waals surface area contributed by atoms with Crippen LogP contribution >= 0.6 is 11.3 Å². The van der Waals surface area contributed by atoms with Crippen molar-refractivity contribution in [2.45, 2.75) is 58.4 Å². The summed E-state index contributed by atoms with van der Waals surface area (Å²) in [4.78, 5) is 30.1. The van der Waals surface area contributed by atoms with Crippen LogP contribution in [0.2, 0.25) is 0 Å². The van der Waals surface area contributed by atoms with E-state index < -0.39 is 5.92 Å². The second-order valence-corrected chi connectivity index (χ2v) is 9.73. The van der Waals surface area contributed by atoms with Crippen LogP contribution in [0.15, 0.2) is 48.5 Å². The number of fused-ring (bicyclic) bond motifs is 1. The third kappa shape index (κ3) is 6.47. The van der Waals surface area contributed by atoms with Crippen molar-refractivity contribution in [2.24, 2.45) is 11.7 Å². The van der Waals surface area contributed by atoms with E-state index in [1.165, 1.54) is 5.56 Å². The first-order chi connectivity index (χ1) is 15.4. The standard InChI is InChI=1S/C26H33N3O2S/c1-4-22(30)13-20(26(31)28-21(16-27)12-18-8-6-5-7-9-18)15-25-29-23-11-10-19(17(2)3)14-24(23)32-25/h5-11,14,17,20-21H,4,12-13,15-16,27H2,1-3H3,(H,28,31)/t20-,21+/m0/s1. The molecule has 0 unspecified atom stereocenters. The second-order valence-electron chi connectivity index (χ2n) is 8.62. The molecule has 170 valence electrons. The topological polar surface area (TPSA) is 85.1 Å². The largest absolute Gasteiger partial charge is 0.352 e. The van der Waals surface area contributed by atoms with Crippen molar-refractivity contribution in [3.8, 4) is 0 Å². The number of nitrogens with one attached hydrogen (secondary N) is 1. The minimum Gasteiger partial charge on any atom is -0.352 e. The minimum atomic E-state index is -0.447. The fourth-order valence-electron chi connectivity index (χ4n) is 3.73. The SMILES string of the molecule is CCC(=O)C[C@@H](Cc1nc2ccc(C(C)C)cc2s1)C(=O)N[C@@H](CN)Cc1ccccc1. The number of carbonyl (C=O) groups is 2. The van der Waals surface area contributed by atoms with Crippen molar-refractivity contribution >= 4 is 33.2 Å². The molecule has 1 heterocycles. The highest BCUT2D eigenvalue weighted by Crippen LogP contribution is 2.28. The monoisotopic (exact) mass is 451 g/mol. The predicted octanol–water partition coefficient (Wildman–Crippen LogP) is 4.63. The summed E-state index contributed by atoms with van der Waals surface area (Å²) in [5, 5.41) is 3.97. The lowest BCUT2D eigenvalue weighted by molar-refractivity contribution is -0.129. The number of thiazole rings is 1. The van der Waals surface area contributed by atoms with Gasteiger partial charge >= 0.3 is 0 Å². The summed E-state index contributed by atoms with van der Waals surface area (Å²) in [7, 11) is 0. The van der Waals surface area contributed by atoms with Crippen LogP contribution in [0, 0.1) is 5.92 Å². The van der Waals surface area contributed by atoms with Gasteiger partial charge in [0.1, 0.15) is 5.78 Å². The zero-order valence-electron chi connectivity index (χ0n) is 19.1. The van der Waals surface area contributed by atoms with E-state index >= 15 is 0 Å². The summed E-state index contributed by atoms with van der Waals surface area (Å²) < 4.78 is 1.12. The van der Waals surface area contributed by atoms with E-state index in [0.717, 1.165) is 20.8 Å². The Morgan fingerprint density at radius 1 is 1.09 bits per heavy atom. The fraction of sp³-hybridized carbons (Fsp3) is 0.423. The quantitative estimate of drug-likeness (QED) is 0.445. The highest BCUT2D eigenvalue weighted by molar-refractivity contribution is 7.18. The van der Waals surface area contributed by atoms with Crippen LogP contribution in [-0.4, -0.2) is 29.3 Å². The highest BCUT2D eigenvalue weighted by atomic mass is 32.1. The minimum absolute atomic E-state index is 0.0840. The highest BCUT2D eigenvalue weighted by Gasteiger charge is 2.25. The molecule has 0 bridgehead atoms. The first-order valence-corrected chi connectivity index (χ1v) is 12.2. The molecule has 32 heavy (non-hydrogen) atoms. The first-order valence-electron chi connectivity index (χ1n) is 11.3. The number of amides is 1. The maximum atomic E-state index is 13.2. The lowest BCUT2D eigenvalue weighted by atomic mass is 9.96. The van der Waals surface area contributed by atoms with E-state index in [4.69, 9.17) is 10.7 Å². The molecule has 0 aliphatic carbocycles. The molecule has 0 aliphatic rings. The lowest BCUT2D eigenvalue weighted by Crippen LogP contribution is -2.45. The molecule has 5 nitrogen and oxygen atoms in total. The van der Waals surface area contributed by atoms with E-state index in [9.17, 15) is 9.59 Å². The smallest absolute Gasteiger partial charge is 0.224 e. The van der Waals surface area contributed by atoms with E-state index in [1.54, 1.807) is 11.3 Å². The summed E-state index contributed by atoms with van der Waals surface area (Å²) in [6.07, 6.45) is 1.76. The Bertz CT molecular complexity index is 1050. The molecule has 3 rings (SSSR count). The number of hydrogen-bond acceptors (Lipinski definition) is 5. The Kier molecular flexibility index (Phi) is 8.53. The van der Waals surface area contributed by atoms with Crippen LogP contribution in [0.25, 0.3) is 10.2 Å². The molecular formula is C26H33N3O2S. The Hall–Kier alpha value is -2.57. The molecule has 2 aromatic carbocycles. The van der Waals surface area contributed by atoms with Gasteiger partial charge in [0.25, 0.3) is 0 Å². The van der Waals surface area contributed by atoms with Crippen molar-refractivity contribution in [3.05, 3.63) is 64.7 Å². The molecule has 3 aromatic rings. The predicted molar refractivity (Wildman–Crippen MR) is 132 cm³/mol. The van der Waals surface area contributed by atoms with Gasteiger partial charge in [-0.2, -0.15) is 0 Å². The van der Waals surface area contributed by atoms with Crippen LogP contribution < -0.4 is 11.1 Å². The van der Waals surface area contributed by atoms with Crippen LogP contribution in [0.4, 0.5) is 0 Å². The van der Waals surface area contributed by atoms with Crippen molar-refractivity contribution in [2.75, 3.05) is 6.54 Å². The van der Waals surface area contributed by atoms with Crippen LogP contribution in [0.3, 0.4) is 0 Å². The van der Waals surface area contributed by atoms with Crippen molar-refractivity contribution < 1.29 is 9.59 Å². The average Bonchev–Trinajstić information content (AvgIpc) is 3.20. The maximum Gasteiger partial charge on any atom is 0.224 e. The van der Waals surface area contributed by atoms with Crippen molar-refractivity contribution in [3.63, 3.8) is 0 Å². The number of nitrogens with zero attached hydrogens (tertiary/aromatic N) is 1. The number of Topliss-reactive ketones (excluding diaryl/α,β-unsaturated/α-hetero) is 1. The molecule has 1 amide bonds. The van der Waals surface area contributed by atoms with Gasteiger partial charge in [-0.05, 0) is 35.6 Å². The zero-order chi connectivity index (χ0) is 23.1. The summed E-state index contributed by atoms with van der Waals surface area (Å²) in [5.41, 5.74) is 9.29. The van der Waals surface area contributed by atoms with Gasteiger partial charge in [0, 0.05) is 31.8 Å². The summed E-state index contributed by atoms with van der Waals surface area (Å²) in [6, 6.07) is 16.1. The molecule has 0 saturated heterocycles. The number of nitrogens with two attached hydrogens (primary N) is 1. The van der Waals surface area contributed by atoms with Crippen LogP contribution in [0.5, 0.6) is 0 Å². The van der Waals surface area contributed by atoms with E-state index in [2.05, 4.69) is 31.3 Å². The van der Waals surface area contributed by atoms with Gasteiger partial charge in [0.05, 0.1) is 21.1 Å². The van der Waals surface area contributed by atoms with Crippen LogP contribution in [-0.2, 0) is 22.4 Å². The Morgan fingerprint density at radius 3 is 2.50 bits per heavy atom. The zero-order valence-corrected chi connectivity index (χ0v) is 20.0. The van der Waals surface area contributed by atoms with Gasteiger partial charge in [-0.25, -0.2) is 4.98 Å². The second kappa shape index (κ2) is 11.3. The number of carbonyl (C=O) groups excluding carboxylic acids is 2. The number of aromatic nitrogens is 1. The average molecular weight is 452 g/mol. The number of hydrogen-bond donors (Lipinski definition) is 2. The first kappa shape index (κ1) is 24.1. The van der Waals surface area contributed by atoms with Gasteiger partial charge < -0.3 is 11.1 Å². The van der Waals surface area contributed by atoms with E-state index in [-0.39, 0.29) is 24.2 Å². The molecule has 0 spiro atoms. The van der Waals surface area contributed by atoms with Gasteiger partial charge in [-0.1, -0.05) is 57.2 Å². The number of benzene rings is 2. The summed E-state index contributed by atoms with van der Waals surface area (Å²) >= 11 is 1.61. The number of ketones is 1. The van der Waals surface area contributed by atoms with Gasteiger partial charge in [-0.3, -0.25) is 9.59 Å². The molecule has 2 atom stereocenters.